The summed E-state index contributed by atoms with van der Waals surface area (Å²) >= 11 is 4.96. The van der Waals surface area contributed by atoms with Crippen LogP contribution in [0, 0.1) is 11.6 Å². The summed E-state index contributed by atoms with van der Waals surface area (Å²) in [6.07, 6.45) is 0.987. The van der Waals surface area contributed by atoms with E-state index in [1.54, 1.807) is 0 Å². The maximum atomic E-state index is 13.5. The number of hydrogen-bond donors (Lipinski definition) is 2. The van der Waals surface area contributed by atoms with Gasteiger partial charge in [-0.05, 0) is 25.0 Å². The highest BCUT2D eigenvalue weighted by Gasteiger charge is 2.32. The van der Waals surface area contributed by atoms with E-state index in [1.807, 2.05) is 13.8 Å². The van der Waals surface area contributed by atoms with Gasteiger partial charge in [-0.2, -0.15) is 0 Å². The van der Waals surface area contributed by atoms with E-state index in [9.17, 15) is 13.6 Å². The van der Waals surface area contributed by atoms with Gasteiger partial charge in [-0.1, -0.05) is 26.1 Å². The predicted octanol–water partition coefficient (Wildman–Crippen LogP) is 2.54. The van der Waals surface area contributed by atoms with Crippen molar-refractivity contribution in [2.24, 2.45) is 5.73 Å². The smallest absolute Gasteiger partial charge is 0.255 e. The van der Waals surface area contributed by atoms with Gasteiger partial charge < -0.3 is 11.1 Å². The van der Waals surface area contributed by atoms with Gasteiger partial charge in [0.15, 0.2) is 0 Å². The molecule has 0 saturated heterocycles. The minimum Gasteiger partial charge on any atom is -0.391 e. The molecule has 19 heavy (non-hydrogen) atoms. The first kappa shape index (κ1) is 15.5. The van der Waals surface area contributed by atoms with E-state index in [0.29, 0.717) is 18.9 Å². The van der Waals surface area contributed by atoms with E-state index < -0.39 is 23.1 Å². The lowest BCUT2D eigenvalue weighted by Gasteiger charge is -2.31. The number of carbonyl (C=O) groups excluding carboxylic acids is 1. The van der Waals surface area contributed by atoms with Gasteiger partial charge in [-0.25, -0.2) is 8.78 Å². The lowest BCUT2D eigenvalue weighted by molar-refractivity contribution is 0.0915. The summed E-state index contributed by atoms with van der Waals surface area (Å²) in [4.78, 5) is 12.2. The SMILES string of the molecule is CCC(CC)(NC(=O)c1ccc(F)cc1F)C(N)=S. The second kappa shape index (κ2) is 6.06. The molecule has 104 valence electrons. The van der Waals surface area contributed by atoms with Crippen molar-refractivity contribution < 1.29 is 13.6 Å². The van der Waals surface area contributed by atoms with Gasteiger partial charge in [0, 0.05) is 6.07 Å². The Bertz CT molecular complexity index is 501. The molecule has 0 saturated carbocycles. The molecule has 0 aliphatic carbocycles. The van der Waals surface area contributed by atoms with Crippen molar-refractivity contribution in [1.82, 2.24) is 5.32 Å². The van der Waals surface area contributed by atoms with Crippen molar-refractivity contribution in [2.45, 2.75) is 32.2 Å². The van der Waals surface area contributed by atoms with Gasteiger partial charge in [0.05, 0.1) is 16.1 Å². The topological polar surface area (TPSA) is 55.1 Å². The number of thiocarbonyl (C=S) groups is 1. The van der Waals surface area contributed by atoms with Crippen LogP contribution in [0.25, 0.3) is 0 Å². The van der Waals surface area contributed by atoms with Crippen LogP contribution in [0.5, 0.6) is 0 Å². The van der Waals surface area contributed by atoms with Crippen LogP contribution in [0.15, 0.2) is 18.2 Å². The molecule has 0 aliphatic rings. The number of benzene rings is 1. The molecule has 0 aliphatic heterocycles. The first-order valence-corrected chi connectivity index (χ1v) is 6.34. The van der Waals surface area contributed by atoms with Crippen LogP contribution < -0.4 is 11.1 Å². The summed E-state index contributed by atoms with van der Waals surface area (Å²) in [5, 5.41) is 2.64. The first-order chi connectivity index (χ1) is 8.86. The fourth-order valence-corrected chi connectivity index (χ4v) is 2.13. The summed E-state index contributed by atoms with van der Waals surface area (Å²) in [7, 11) is 0. The number of nitrogens with two attached hydrogens (primary N) is 1. The Labute approximate surface area is 116 Å². The van der Waals surface area contributed by atoms with Crippen LogP contribution in [0.1, 0.15) is 37.0 Å². The standard InChI is InChI=1S/C13H16F2N2OS/c1-3-13(4-2,12(16)19)17-11(18)9-6-5-8(14)7-10(9)15/h5-7H,3-4H2,1-2H3,(H2,16,19)(H,17,18). The molecule has 0 atom stereocenters. The normalized spacial score (nSPS) is 11.2. The number of carbonyl (C=O) groups is 1. The minimum atomic E-state index is -0.915. The Morgan fingerprint density at radius 1 is 1.37 bits per heavy atom. The Kier molecular flexibility index (Phi) is 4.94. The van der Waals surface area contributed by atoms with Gasteiger partial charge in [-0.3, -0.25) is 4.79 Å². The zero-order valence-corrected chi connectivity index (χ0v) is 11.6. The number of halogens is 2. The third-order valence-corrected chi connectivity index (χ3v) is 3.60. The van der Waals surface area contributed by atoms with Crippen LogP contribution in [0.4, 0.5) is 8.78 Å². The van der Waals surface area contributed by atoms with Gasteiger partial charge in [-0.15, -0.1) is 0 Å². The van der Waals surface area contributed by atoms with Gasteiger partial charge >= 0.3 is 0 Å². The Morgan fingerprint density at radius 3 is 2.37 bits per heavy atom. The second-order valence-corrected chi connectivity index (χ2v) is 4.67. The Balaban J connectivity index is 3.04. The first-order valence-electron chi connectivity index (χ1n) is 5.93. The van der Waals surface area contributed by atoms with Crippen molar-refractivity contribution in [2.75, 3.05) is 0 Å². The van der Waals surface area contributed by atoms with Gasteiger partial charge in [0.25, 0.3) is 5.91 Å². The van der Waals surface area contributed by atoms with E-state index in [2.05, 4.69) is 5.32 Å². The lowest BCUT2D eigenvalue weighted by atomic mass is 9.92. The molecule has 0 spiro atoms. The largest absolute Gasteiger partial charge is 0.391 e. The molecular weight excluding hydrogens is 270 g/mol. The number of amides is 1. The maximum Gasteiger partial charge on any atom is 0.255 e. The fourth-order valence-electron chi connectivity index (χ4n) is 1.80. The highest BCUT2D eigenvalue weighted by Crippen LogP contribution is 2.18. The van der Waals surface area contributed by atoms with Gasteiger partial charge in [0.1, 0.15) is 11.6 Å². The molecule has 6 heteroatoms. The Hall–Kier alpha value is -1.56. The maximum absolute atomic E-state index is 13.5. The third kappa shape index (κ3) is 3.26. The van der Waals surface area contributed by atoms with Crippen molar-refractivity contribution in [3.05, 3.63) is 35.4 Å². The molecule has 1 rings (SSSR count). The summed E-state index contributed by atoms with van der Waals surface area (Å²) in [6, 6.07) is 2.78. The van der Waals surface area contributed by atoms with Crippen molar-refractivity contribution >= 4 is 23.1 Å². The van der Waals surface area contributed by atoms with E-state index >= 15 is 0 Å². The lowest BCUT2D eigenvalue weighted by Crippen LogP contribution is -2.56. The molecule has 0 bridgehead atoms. The van der Waals surface area contributed by atoms with Gasteiger partial charge in [0.2, 0.25) is 0 Å². The summed E-state index contributed by atoms with van der Waals surface area (Å²) < 4.78 is 26.3. The summed E-state index contributed by atoms with van der Waals surface area (Å²) in [5.74, 6) is -2.31. The molecular formula is C13H16F2N2OS. The van der Waals surface area contributed by atoms with Crippen LogP contribution in [-0.4, -0.2) is 16.4 Å². The minimum absolute atomic E-state index is 0.147. The predicted molar refractivity (Wildman–Crippen MR) is 73.9 cm³/mol. The van der Waals surface area contributed by atoms with Crippen LogP contribution in [0.3, 0.4) is 0 Å². The highest BCUT2D eigenvalue weighted by atomic mass is 32.1. The summed E-state index contributed by atoms with van der Waals surface area (Å²) in [6.45, 7) is 3.65. The Morgan fingerprint density at radius 2 is 1.95 bits per heavy atom. The van der Waals surface area contributed by atoms with Crippen LogP contribution in [0.2, 0.25) is 0 Å². The zero-order chi connectivity index (χ0) is 14.6. The molecule has 1 aromatic rings. The van der Waals surface area contributed by atoms with Crippen molar-refractivity contribution in [3.63, 3.8) is 0 Å². The average molecular weight is 286 g/mol. The molecule has 0 unspecified atom stereocenters. The summed E-state index contributed by atoms with van der Waals surface area (Å²) in [5.41, 5.74) is 4.56. The molecule has 1 aromatic carbocycles. The van der Waals surface area contributed by atoms with Crippen molar-refractivity contribution in [1.29, 1.82) is 0 Å². The second-order valence-electron chi connectivity index (χ2n) is 4.23. The number of nitrogens with one attached hydrogen (secondary N) is 1. The zero-order valence-electron chi connectivity index (χ0n) is 10.8. The molecule has 0 radical (unpaired) electrons. The molecule has 0 aromatic heterocycles. The highest BCUT2D eigenvalue weighted by molar-refractivity contribution is 7.80. The fraction of sp³-hybridized carbons (Fsp3) is 0.385. The van der Waals surface area contributed by atoms with Crippen molar-refractivity contribution in [3.8, 4) is 0 Å². The number of rotatable bonds is 5. The van der Waals surface area contributed by atoms with E-state index in [0.717, 1.165) is 12.1 Å². The average Bonchev–Trinajstić information content (AvgIpc) is 2.35. The van der Waals surface area contributed by atoms with Crippen LogP contribution in [-0.2, 0) is 0 Å². The van der Waals surface area contributed by atoms with Crippen LogP contribution >= 0.6 is 12.2 Å². The van der Waals surface area contributed by atoms with E-state index in [4.69, 9.17) is 18.0 Å². The monoisotopic (exact) mass is 286 g/mol. The molecule has 3 nitrogen and oxygen atoms in total. The third-order valence-electron chi connectivity index (χ3n) is 3.21. The number of hydrogen-bond acceptors (Lipinski definition) is 2. The molecule has 3 N–H and O–H groups in total. The van der Waals surface area contributed by atoms with E-state index in [-0.39, 0.29) is 10.6 Å². The molecule has 0 heterocycles. The molecule has 1 amide bonds. The molecule has 0 fully saturated rings. The van der Waals surface area contributed by atoms with E-state index in [1.165, 1.54) is 0 Å². The quantitative estimate of drug-likeness (QED) is 0.818.